The van der Waals surface area contributed by atoms with Gasteiger partial charge in [-0.2, -0.15) is 0 Å². The Morgan fingerprint density at radius 3 is 2.68 bits per heavy atom. The highest BCUT2D eigenvalue weighted by Crippen LogP contribution is 2.36. The topological polar surface area (TPSA) is 49.8 Å². The highest BCUT2D eigenvalue weighted by molar-refractivity contribution is 8.00. The molecule has 1 aromatic rings. The third kappa shape index (κ3) is 5.54. The fourth-order valence-corrected chi connectivity index (χ4v) is 3.78. The lowest BCUT2D eigenvalue weighted by Gasteiger charge is -2.31. The molecule has 0 saturated carbocycles. The Hall–Kier alpha value is -1.20. The van der Waals surface area contributed by atoms with Gasteiger partial charge in [0.15, 0.2) is 0 Å². The predicted octanol–water partition coefficient (Wildman–Crippen LogP) is 3.51. The van der Waals surface area contributed by atoms with E-state index in [0.29, 0.717) is 11.8 Å². The number of rotatable bonds is 7. The van der Waals surface area contributed by atoms with E-state index in [9.17, 15) is 4.79 Å². The molecule has 2 rings (SSSR count). The maximum atomic E-state index is 10.6. The van der Waals surface area contributed by atoms with Crippen LogP contribution >= 0.6 is 11.8 Å². The van der Waals surface area contributed by atoms with Crippen molar-refractivity contribution in [3.05, 3.63) is 24.3 Å². The minimum Gasteiger partial charge on any atom is -0.490 e. The number of hydrogen-bond acceptors (Lipinski definition) is 4. The number of carboxylic acid groups (broad SMARTS) is 1. The predicted molar refractivity (Wildman–Crippen MR) is 89.8 cm³/mol. The van der Waals surface area contributed by atoms with Crippen LogP contribution in [0.4, 0.5) is 0 Å². The van der Waals surface area contributed by atoms with E-state index in [1.807, 2.05) is 37.7 Å². The maximum Gasteiger partial charge on any atom is 0.304 e. The van der Waals surface area contributed by atoms with Crippen molar-refractivity contribution in [1.29, 1.82) is 0 Å². The fraction of sp³-hybridized carbons (Fsp3) is 0.588. The molecule has 122 valence electrons. The first-order valence-electron chi connectivity index (χ1n) is 7.91. The second-order valence-electron chi connectivity index (χ2n) is 5.92. The van der Waals surface area contributed by atoms with E-state index >= 15 is 0 Å². The molecule has 0 aromatic heterocycles. The number of benzene rings is 1. The minimum atomic E-state index is -0.712. The van der Waals surface area contributed by atoms with Crippen molar-refractivity contribution >= 4 is 17.7 Å². The number of aliphatic carboxylic acids is 1. The number of para-hydroxylation sites is 1. The van der Waals surface area contributed by atoms with E-state index in [1.54, 1.807) is 0 Å². The van der Waals surface area contributed by atoms with Gasteiger partial charge in [-0.25, -0.2) is 0 Å². The lowest BCUT2D eigenvalue weighted by molar-refractivity contribution is -0.137. The summed E-state index contributed by atoms with van der Waals surface area (Å²) in [6.45, 7) is 6.72. The summed E-state index contributed by atoms with van der Waals surface area (Å²) in [5.74, 6) is 0.257. The summed E-state index contributed by atoms with van der Waals surface area (Å²) in [6.07, 6.45) is 2.61. The van der Waals surface area contributed by atoms with Crippen LogP contribution in [0.2, 0.25) is 0 Å². The summed E-state index contributed by atoms with van der Waals surface area (Å²) in [4.78, 5) is 14.1. The molecular weight excluding hydrogens is 298 g/mol. The van der Waals surface area contributed by atoms with Gasteiger partial charge in [-0.15, -0.1) is 11.8 Å². The third-order valence-electron chi connectivity index (χ3n) is 3.68. The van der Waals surface area contributed by atoms with Crippen molar-refractivity contribution in [2.24, 2.45) is 0 Å². The molecule has 1 fully saturated rings. The van der Waals surface area contributed by atoms with Crippen LogP contribution in [-0.2, 0) is 4.79 Å². The lowest BCUT2D eigenvalue weighted by Crippen LogP contribution is -2.36. The molecule has 1 heterocycles. The van der Waals surface area contributed by atoms with Crippen molar-refractivity contribution < 1.29 is 14.6 Å². The molecule has 0 bridgehead atoms. The van der Waals surface area contributed by atoms with E-state index < -0.39 is 5.97 Å². The van der Waals surface area contributed by atoms with Crippen LogP contribution in [0.5, 0.6) is 5.75 Å². The van der Waals surface area contributed by atoms with Gasteiger partial charge in [-0.05, 0) is 51.9 Å². The molecule has 5 heteroatoms. The summed E-state index contributed by atoms with van der Waals surface area (Å²) in [5.41, 5.74) is 0. The zero-order chi connectivity index (χ0) is 15.9. The van der Waals surface area contributed by atoms with E-state index in [0.717, 1.165) is 31.7 Å². The number of hydrogen-bond donors (Lipinski definition) is 1. The second-order valence-corrected chi connectivity index (χ2v) is 7.26. The van der Waals surface area contributed by atoms with Crippen LogP contribution in [-0.4, -0.2) is 47.0 Å². The molecular formula is C17H25NO3S. The Morgan fingerprint density at radius 1 is 1.36 bits per heavy atom. The van der Waals surface area contributed by atoms with Crippen LogP contribution in [0, 0.1) is 0 Å². The van der Waals surface area contributed by atoms with E-state index in [2.05, 4.69) is 17.0 Å². The number of nitrogens with zero attached hydrogens (tertiary/aromatic N) is 1. The van der Waals surface area contributed by atoms with E-state index in [4.69, 9.17) is 9.84 Å². The van der Waals surface area contributed by atoms with Crippen molar-refractivity contribution in [3.63, 3.8) is 0 Å². The SMILES string of the molecule is CC(C)Oc1ccccc1SC1CCN(CCC(=O)O)CC1. The number of piperidine rings is 1. The molecule has 1 aromatic carbocycles. The lowest BCUT2D eigenvalue weighted by atomic mass is 10.1. The molecule has 0 radical (unpaired) electrons. The van der Waals surface area contributed by atoms with Crippen LogP contribution in [0.1, 0.15) is 33.1 Å². The van der Waals surface area contributed by atoms with Crippen LogP contribution in [0.25, 0.3) is 0 Å². The van der Waals surface area contributed by atoms with Crippen molar-refractivity contribution in [2.75, 3.05) is 19.6 Å². The summed E-state index contributed by atoms with van der Waals surface area (Å²) < 4.78 is 5.88. The highest BCUT2D eigenvalue weighted by Gasteiger charge is 2.21. The summed E-state index contributed by atoms with van der Waals surface area (Å²) in [7, 11) is 0. The molecule has 1 aliphatic heterocycles. The molecule has 22 heavy (non-hydrogen) atoms. The van der Waals surface area contributed by atoms with Gasteiger partial charge in [0.1, 0.15) is 5.75 Å². The minimum absolute atomic E-state index is 0.180. The van der Waals surface area contributed by atoms with Crippen molar-refractivity contribution in [3.8, 4) is 5.75 Å². The first kappa shape index (κ1) is 17.2. The van der Waals surface area contributed by atoms with Crippen molar-refractivity contribution in [1.82, 2.24) is 4.90 Å². The molecule has 0 atom stereocenters. The molecule has 0 spiro atoms. The second kappa shape index (κ2) is 8.44. The highest BCUT2D eigenvalue weighted by atomic mass is 32.2. The summed E-state index contributed by atoms with van der Waals surface area (Å²) in [6, 6.07) is 8.22. The van der Waals surface area contributed by atoms with Crippen LogP contribution < -0.4 is 4.74 Å². The van der Waals surface area contributed by atoms with Gasteiger partial charge in [-0.1, -0.05) is 12.1 Å². The molecule has 1 aliphatic rings. The quantitative estimate of drug-likeness (QED) is 0.832. The summed E-state index contributed by atoms with van der Waals surface area (Å²) in [5, 5.41) is 9.33. The van der Waals surface area contributed by atoms with Crippen LogP contribution in [0.15, 0.2) is 29.2 Å². The Kier molecular flexibility index (Phi) is 6.58. The number of carboxylic acids is 1. The normalized spacial score (nSPS) is 16.9. The molecule has 4 nitrogen and oxygen atoms in total. The fourth-order valence-electron chi connectivity index (χ4n) is 2.58. The molecule has 0 unspecified atom stereocenters. The van der Waals surface area contributed by atoms with Gasteiger partial charge >= 0.3 is 5.97 Å². The molecule has 0 aliphatic carbocycles. The monoisotopic (exact) mass is 323 g/mol. The third-order valence-corrected chi connectivity index (χ3v) is 5.08. The van der Waals surface area contributed by atoms with Gasteiger partial charge < -0.3 is 14.7 Å². The first-order valence-corrected chi connectivity index (χ1v) is 8.79. The largest absolute Gasteiger partial charge is 0.490 e. The van der Waals surface area contributed by atoms with Gasteiger partial charge in [0.25, 0.3) is 0 Å². The van der Waals surface area contributed by atoms with Gasteiger partial charge in [0.05, 0.1) is 12.5 Å². The van der Waals surface area contributed by atoms with Crippen molar-refractivity contribution in [2.45, 2.75) is 49.4 Å². The number of thioether (sulfide) groups is 1. The Morgan fingerprint density at radius 2 is 2.05 bits per heavy atom. The zero-order valence-corrected chi connectivity index (χ0v) is 14.1. The van der Waals surface area contributed by atoms with Gasteiger partial charge in [0.2, 0.25) is 0 Å². The van der Waals surface area contributed by atoms with E-state index in [1.165, 1.54) is 4.90 Å². The Bertz CT molecular complexity index is 485. The van der Waals surface area contributed by atoms with E-state index in [-0.39, 0.29) is 12.5 Å². The summed E-state index contributed by atoms with van der Waals surface area (Å²) >= 11 is 1.89. The molecule has 0 amide bonds. The standard InChI is InChI=1S/C17H25NO3S/c1-13(2)21-15-5-3-4-6-16(15)22-14-7-10-18(11-8-14)12-9-17(19)20/h3-6,13-14H,7-12H2,1-2H3,(H,19,20). The number of ether oxygens (including phenoxy) is 1. The molecule has 1 N–H and O–H groups in total. The average Bonchev–Trinajstić information content (AvgIpc) is 2.48. The van der Waals surface area contributed by atoms with Gasteiger partial charge in [-0.3, -0.25) is 4.79 Å². The zero-order valence-electron chi connectivity index (χ0n) is 13.3. The van der Waals surface area contributed by atoms with Gasteiger partial charge in [0, 0.05) is 16.7 Å². The smallest absolute Gasteiger partial charge is 0.304 e. The first-order chi connectivity index (χ1) is 10.5. The number of carbonyl (C=O) groups is 1. The molecule has 1 saturated heterocycles. The Balaban J connectivity index is 1.84. The number of likely N-dealkylation sites (tertiary alicyclic amines) is 1. The average molecular weight is 323 g/mol. The maximum absolute atomic E-state index is 10.6. The Labute approximate surface area is 136 Å². The van der Waals surface area contributed by atoms with Crippen LogP contribution in [0.3, 0.4) is 0 Å².